The Morgan fingerprint density at radius 3 is 3.14 bits per heavy atom. The molecule has 1 fully saturated rings. The van der Waals surface area contributed by atoms with Gasteiger partial charge < -0.3 is 9.88 Å². The molecule has 0 saturated carbocycles. The molecule has 0 aromatic carbocycles. The number of imidazole rings is 1. The third kappa shape index (κ3) is 2.35. The predicted octanol–water partition coefficient (Wildman–Crippen LogP) is 1.72. The highest BCUT2D eigenvalue weighted by Gasteiger charge is 2.12. The minimum atomic E-state index is 0.727. The Morgan fingerprint density at radius 2 is 2.50 bits per heavy atom. The highest BCUT2D eigenvalue weighted by atomic mass is 15.1. The summed E-state index contributed by atoms with van der Waals surface area (Å²) in [5, 5.41) is 3.57. The maximum atomic E-state index is 4.22. The van der Waals surface area contributed by atoms with Crippen LogP contribution in [0.1, 0.15) is 31.5 Å². The first-order valence-electron chi connectivity index (χ1n) is 5.57. The van der Waals surface area contributed by atoms with Gasteiger partial charge in [-0.1, -0.05) is 6.42 Å². The molecule has 0 spiro atoms. The van der Waals surface area contributed by atoms with Crippen molar-refractivity contribution in [2.24, 2.45) is 0 Å². The summed E-state index contributed by atoms with van der Waals surface area (Å²) >= 11 is 0. The minimum absolute atomic E-state index is 0.727. The molecule has 1 aromatic heterocycles. The zero-order valence-electron chi connectivity index (χ0n) is 8.87. The molecule has 78 valence electrons. The SMILES string of the molecule is Cc1nccn1CC[C@@H]1CCCCN1. The van der Waals surface area contributed by atoms with Gasteiger partial charge in [0.05, 0.1) is 0 Å². The molecule has 0 unspecified atom stereocenters. The van der Waals surface area contributed by atoms with Gasteiger partial charge in [-0.05, 0) is 32.7 Å². The van der Waals surface area contributed by atoms with E-state index in [-0.39, 0.29) is 0 Å². The van der Waals surface area contributed by atoms with Crippen LogP contribution in [0.4, 0.5) is 0 Å². The summed E-state index contributed by atoms with van der Waals surface area (Å²) in [6, 6.07) is 0.727. The fourth-order valence-electron chi connectivity index (χ4n) is 2.11. The molecule has 0 bridgehead atoms. The highest BCUT2D eigenvalue weighted by molar-refractivity contribution is 4.88. The Balaban J connectivity index is 1.79. The Kier molecular flexibility index (Phi) is 3.19. The van der Waals surface area contributed by atoms with E-state index >= 15 is 0 Å². The lowest BCUT2D eigenvalue weighted by molar-refractivity contribution is 0.365. The lowest BCUT2D eigenvalue weighted by atomic mass is 10.0. The highest BCUT2D eigenvalue weighted by Crippen LogP contribution is 2.11. The third-order valence-electron chi connectivity index (χ3n) is 3.05. The van der Waals surface area contributed by atoms with Crippen LogP contribution < -0.4 is 5.32 Å². The smallest absolute Gasteiger partial charge is 0.105 e. The number of nitrogens with one attached hydrogen (secondary N) is 1. The topological polar surface area (TPSA) is 29.9 Å². The molecule has 1 N–H and O–H groups in total. The van der Waals surface area contributed by atoms with E-state index in [1.807, 2.05) is 6.20 Å². The van der Waals surface area contributed by atoms with E-state index in [1.54, 1.807) is 0 Å². The molecule has 1 aliphatic rings. The summed E-state index contributed by atoms with van der Waals surface area (Å²) in [6.07, 6.45) is 9.26. The van der Waals surface area contributed by atoms with Crippen LogP contribution in [0.15, 0.2) is 12.4 Å². The van der Waals surface area contributed by atoms with Gasteiger partial charge in [0, 0.05) is 25.0 Å². The molecule has 2 heterocycles. The van der Waals surface area contributed by atoms with Gasteiger partial charge in [0.25, 0.3) is 0 Å². The monoisotopic (exact) mass is 193 g/mol. The van der Waals surface area contributed by atoms with Gasteiger partial charge in [0.15, 0.2) is 0 Å². The van der Waals surface area contributed by atoms with Crippen molar-refractivity contribution in [3.8, 4) is 0 Å². The second-order valence-electron chi connectivity index (χ2n) is 4.10. The fourth-order valence-corrected chi connectivity index (χ4v) is 2.11. The van der Waals surface area contributed by atoms with Crippen LogP contribution in [0, 0.1) is 6.92 Å². The predicted molar refractivity (Wildman–Crippen MR) is 57.2 cm³/mol. The Bertz CT molecular complexity index is 274. The molecule has 0 amide bonds. The van der Waals surface area contributed by atoms with Crippen LogP contribution in [0.25, 0.3) is 0 Å². The van der Waals surface area contributed by atoms with Crippen LogP contribution in [-0.4, -0.2) is 22.1 Å². The van der Waals surface area contributed by atoms with E-state index in [9.17, 15) is 0 Å². The van der Waals surface area contributed by atoms with Crippen LogP contribution in [0.2, 0.25) is 0 Å². The van der Waals surface area contributed by atoms with E-state index in [4.69, 9.17) is 0 Å². The summed E-state index contributed by atoms with van der Waals surface area (Å²) in [5.74, 6) is 1.13. The van der Waals surface area contributed by atoms with E-state index in [0.717, 1.165) is 18.4 Å². The Hall–Kier alpha value is -0.830. The van der Waals surface area contributed by atoms with Crippen molar-refractivity contribution in [3.05, 3.63) is 18.2 Å². The normalized spacial score (nSPS) is 22.5. The van der Waals surface area contributed by atoms with E-state index in [2.05, 4.69) is 28.0 Å². The third-order valence-corrected chi connectivity index (χ3v) is 3.05. The maximum absolute atomic E-state index is 4.22. The number of hydrogen-bond acceptors (Lipinski definition) is 2. The van der Waals surface area contributed by atoms with Crippen LogP contribution in [0.3, 0.4) is 0 Å². The van der Waals surface area contributed by atoms with Crippen molar-refractivity contribution >= 4 is 0 Å². The minimum Gasteiger partial charge on any atom is -0.335 e. The van der Waals surface area contributed by atoms with Crippen molar-refractivity contribution < 1.29 is 0 Å². The Labute approximate surface area is 85.5 Å². The molecule has 1 aliphatic heterocycles. The largest absolute Gasteiger partial charge is 0.335 e. The van der Waals surface area contributed by atoms with Crippen molar-refractivity contribution in [2.45, 2.75) is 45.2 Å². The zero-order valence-corrected chi connectivity index (χ0v) is 8.87. The van der Waals surface area contributed by atoms with Crippen molar-refractivity contribution in [1.29, 1.82) is 0 Å². The lowest BCUT2D eigenvalue weighted by Crippen LogP contribution is -2.34. The van der Waals surface area contributed by atoms with Gasteiger partial charge in [-0.2, -0.15) is 0 Å². The average Bonchev–Trinajstić information content (AvgIpc) is 2.63. The van der Waals surface area contributed by atoms with Gasteiger partial charge in [0.1, 0.15) is 5.82 Å². The molecule has 3 nitrogen and oxygen atoms in total. The first kappa shape index (κ1) is 9.71. The van der Waals surface area contributed by atoms with Crippen molar-refractivity contribution in [3.63, 3.8) is 0 Å². The van der Waals surface area contributed by atoms with Gasteiger partial charge >= 0.3 is 0 Å². The molecule has 1 aromatic rings. The van der Waals surface area contributed by atoms with Crippen LogP contribution in [-0.2, 0) is 6.54 Å². The summed E-state index contributed by atoms with van der Waals surface area (Å²) in [7, 11) is 0. The fraction of sp³-hybridized carbons (Fsp3) is 0.727. The molecular weight excluding hydrogens is 174 g/mol. The van der Waals surface area contributed by atoms with Gasteiger partial charge in [-0.15, -0.1) is 0 Å². The number of aryl methyl sites for hydroxylation is 2. The molecule has 0 radical (unpaired) electrons. The number of aromatic nitrogens is 2. The second kappa shape index (κ2) is 4.60. The quantitative estimate of drug-likeness (QED) is 0.792. The number of nitrogens with zero attached hydrogens (tertiary/aromatic N) is 2. The summed E-state index contributed by atoms with van der Waals surface area (Å²) < 4.78 is 2.23. The van der Waals surface area contributed by atoms with E-state index < -0.39 is 0 Å². The summed E-state index contributed by atoms with van der Waals surface area (Å²) in [5.41, 5.74) is 0. The number of hydrogen-bond donors (Lipinski definition) is 1. The summed E-state index contributed by atoms with van der Waals surface area (Å²) in [4.78, 5) is 4.22. The van der Waals surface area contributed by atoms with Crippen LogP contribution >= 0.6 is 0 Å². The molecule has 3 heteroatoms. The molecule has 14 heavy (non-hydrogen) atoms. The van der Waals surface area contributed by atoms with Crippen molar-refractivity contribution in [2.75, 3.05) is 6.54 Å². The zero-order chi connectivity index (χ0) is 9.80. The number of rotatable bonds is 3. The number of piperidine rings is 1. The maximum Gasteiger partial charge on any atom is 0.105 e. The molecule has 1 saturated heterocycles. The first-order chi connectivity index (χ1) is 6.86. The van der Waals surface area contributed by atoms with Crippen molar-refractivity contribution in [1.82, 2.24) is 14.9 Å². The molecular formula is C11H19N3. The molecule has 0 aliphatic carbocycles. The molecule has 2 rings (SSSR count). The van der Waals surface area contributed by atoms with Crippen LogP contribution in [0.5, 0.6) is 0 Å². The lowest BCUT2D eigenvalue weighted by Gasteiger charge is -2.23. The van der Waals surface area contributed by atoms with Gasteiger partial charge in [-0.3, -0.25) is 0 Å². The standard InChI is InChI=1S/C11H19N3/c1-10-12-7-9-14(10)8-5-11-4-2-3-6-13-11/h7,9,11,13H,2-6,8H2,1H3/t11-/m0/s1. The second-order valence-corrected chi connectivity index (χ2v) is 4.10. The first-order valence-corrected chi connectivity index (χ1v) is 5.57. The van der Waals surface area contributed by atoms with E-state index in [1.165, 1.54) is 32.2 Å². The summed E-state index contributed by atoms with van der Waals surface area (Å²) in [6.45, 7) is 4.37. The molecule has 1 atom stereocenters. The van der Waals surface area contributed by atoms with E-state index in [0.29, 0.717) is 0 Å². The average molecular weight is 193 g/mol. The van der Waals surface area contributed by atoms with Gasteiger partial charge in [0.2, 0.25) is 0 Å². The Morgan fingerprint density at radius 1 is 1.57 bits per heavy atom. The van der Waals surface area contributed by atoms with Gasteiger partial charge in [-0.25, -0.2) is 4.98 Å².